The summed E-state index contributed by atoms with van der Waals surface area (Å²) in [4.78, 5) is 28.7. The van der Waals surface area contributed by atoms with Crippen LogP contribution in [0.15, 0.2) is 65.6 Å². The predicted molar refractivity (Wildman–Crippen MR) is 167 cm³/mol. The molecule has 0 fully saturated rings. The minimum Gasteiger partial charge on any atom is -0.352 e. The fraction of sp³-hybridized carbons (Fsp3) is 0.310. The summed E-state index contributed by atoms with van der Waals surface area (Å²) < 4.78 is 28.8. The molecule has 3 aromatic rings. The number of sulfonamides is 1. The van der Waals surface area contributed by atoms with Gasteiger partial charge >= 0.3 is 0 Å². The molecule has 7 nitrogen and oxygen atoms in total. The van der Waals surface area contributed by atoms with Crippen LogP contribution in [0, 0.1) is 6.92 Å². The number of carbonyl (C=O) groups excluding carboxylic acids is 2. The summed E-state index contributed by atoms with van der Waals surface area (Å²) >= 11 is 25.2. The molecule has 0 radical (unpaired) electrons. The lowest BCUT2D eigenvalue weighted by Gasteiger charge is -2.34. The number of aryl methyl sites for hydroxylation is 1. The van der Waals surface area contributed by atoms with Gasteiger partial charge in [0.25, 0.3) is 10.0 Å². The first-order valence-electron chi connectivity index (χ1n) is 12.8. The van der Waals surface area contributed by atoms with E-state index in [1.807, 2.05) is 20.8 Å². The zero-order valence-corrected chi connectivity index (χ0v) is 26.8. The van der Waals surface area contributed by atoms with Gasteiger partial charge in [-0.15, -0.1) is 0 Å². The first kappa shape index (κ1) is 33.0. The molecule has 3 rings (SSSR count). The van der Waals surface area contributed by atoms with E-state index in [0.717, 1.165) is 9.87 Å². The molecule has 12 heteroatoms. The van der Waals surface area contributed by atoms with Gasteiger partial charge in [-0.05, 0) is 69.7 Å². The molecule has 0 aliphatic carbocycles. The molecule has 41 heavy (non-hydrogen) atoms. The smallest absolute Gasteiger partial charge is 0.264 e. The first-order chi connectivity index (χ1) is 19.3. The molecule has 0 aromatic heterocycles. The van der Waals surface area contributed by atoms with Crippen molar-refractivity contribution in [1.82, 2.24) is 10.2 Å². The predicted octanol–water partition coefficient (Wildman–Crippen LogP) is 7.14. The van der Waals surface area contributed by atoms with Gasteiger partial charge in [-0.25, -0.2) is 8.42 Å². The van der Waals surface area contributed by atoms with E-state index in [4.69, 9.17) is 46.4 Å². The molecule has 2 amide bonds. The summed E-state index contributed by atoms with van der Waals surface area (Å²) in [6, 6.07) is 14.4. The second-order valence-corrected chi connectivity index (χ2v) is 13.2. The Morgan fingerprint density at radius 1 is 0.878 bits per heavy atom. The van der Waals surface area contributed by atoms with Gasteiger partial charge in [-0.1, -0.05) is 77.1 Å². The Morgan fingerprint density at radius 3 is 2.02 bits per heavy atom. The third-order valence-corrected chi connectivity index (χ3v) is 9.52. The van der Waals surface area contributed by atoms with E-state index in [-0.39, 0.29) is 45.5 Å². The van der Waals surface area contributed by atoms with E-state index in [1.54, 1.807) is 37.3 Å². The Morgan fingerprint density at radius 2 is 1.49 bits per heavy atom. The van der Waals surface area contributed by atoms with Gasteiger partial charge in [0.15, 0.2) is 0 Å². The van der Waals surface area contributed by atoms with Gasteiger partial charge in [-0.3, -0.25) is 13.9 Å². The Kier molecular flexibility index (Phi) is 11.4. The Bertz CT molecular complexity index is 1490. The molecule has 0 aliphatic rings. The first-order valence-corrected chi connectivity index (χ1v) is 15.8. The quantitative estimate of drug-likeness (QED) is 0.237. The van der Waals surface area contributed by atoms with E-state index in [9.17, 15) is 18.0 Å². The van der Waals surface area contributed by atoms with E-state index in [1.165, 1.54) is 35.2 Å². The van der Waals surface area contributed by atoms with Crippen molar-refractivity contribution in [2.24, 2.45) is 0 Å². The number of carbonyl (C=O) groups is 2. The fourth-order valence-electron chi connectivity index (χ4n) is 4.16. The number of benzene rings is 3. The summed E-state index contributed by atoms with van der Waals surface area (Å²) in [7, 11) is -4.26. The lowest BCUT2D eigenvalue weighted by Crippen LogP contribution is -2.53. The molecule has 220 valence electrons. The van der Waals surface area contributed by atoms with Crippen molar-refractivity contribution in [3.05, 3.63) is 91.9 Å². The monoisotopic (exact) mass is 657 g/mol. The standard InChI is InChI=1S/C29H31Cl4N3O4S/c1-5-27(29(38)34-18(2)3)35(16-22-23(30)7-6-8-24(22)31)28(37)17-36(20-11-14-25(32)26(33)15-20)41(39,40)21-12-9-19(4)10-13-21/h6-15,18,27H,5,16-17H2,1-4H3,(H,34,38). The fourth-order valence-corrected chi connectivity index (χ4v) is 6.38. The van der Waals surface area contributed by atoms with Gasteiger partial charge < -0.3 is 10.2 Å². The number of halogens is 4. The van der Waals surface area contributed by atoms with Crippen molar-refractivity contribution in [2.75, 3.05) is 10.8 Å². The number of rotatable bonds is 11. The molecule has 0 heterocycles. The van der Waals surface area contributed by atoms with Gasteiger partial charge in [0, 0.05) is 28.2 Å². The number of nitrogens with zero attached hydrogens (tertiary/aromatic N) is 2. The molecular formula is C29H31Cl4N3O4S. The number of hydrogen-bond donors (Lipinski definition) is 1. The highest BCUT2D eigenvalue weighted by atomic mass is 35.5. The topological polar surface area (TPSA) is 86.8 Å². The average molecular weight is 659 g/mol. The Labute approximate surface area is 261 Å². The van der Waals surface area contributed by atoms with Crippen molar-refractivity contribution >= 4 is 73.9 Å². The van der Waals surface area contributed by atoms with Crippen LogP contribution >= 0.6 is 46.4 Å². The summed E-state index contributed by atoms with van der Waals surface area (Å²) in [5.41, 5.74) is 1.43. The van der Waals surface area contributed by atoms with Crippen LogP contribution in [0.5, 0.6) is 0 Å². The molecule has 0 saturated carbocycles. The van der Waals surface area contributed by atoms with Crippen LogP contribution in [0.2, 0.25) is 20.1 Å². The number of amides is 2. The largest absolute Gasteiger partial charge is 0.352 e. The molecule has 0 aliphatic heterocycles. The summed E-state index contributed by atoms with van der Waals surface area (Å²) in [5, 5.41) is 3.80. The number of anilines is 1. The maximum atomic E-state index is 14.1. The van der Waals surface area contributed by atoms with Crippen molar-refractivity contribution in [3.8, 4) is 0 Å². The highest BCUT2D eigenvalue weighted by Crippen LogP contribution is 2.32. The van der Waals surface area contributed by atoms with Crippen molar-refractivity contribution in [2.45, 2.75) is 57.6 Å². The minimum atomic E-state index is -4.26. The summed E-state index contributed by atoms with van der Waals surface area (Å²) in [5.74, 6) is -1.03. The molecule has 0 saturated heterocycles. The Balaban J connectivity index is 2.13. The second kappa shape index (κ2) is 14.1. The maximum absolute atomic E-state index is 14.1. The van der Waals surface area contributed by atoms with Gasteiger partial charge in [0.1, 0.15) is 12.6 Å². The Hall–Kier alpha value is -2.49. The molecule has 0 spiro atoms. The number of hydrogen-bond acceptors (Lipinski definition) is 4. The van der Waals surface area contributed by atoms with Crippen molar-refractivity contribution in [3.63, 3.8) is 0 Å². The van der Waals surface area contributed by atoms with Crippen molar-refractivity contribution < 1.29 is 18.0 Å². The zero-order chi connectivity index (χ0) is 30.5. The van der Waals surface area contributed by atoms with Crippen LogP contribution in [0.1, 0.15) is 38.3 Å². The normalized spacial score (nSPS) is 12.2. The molecule has 3 aromatic carbocycles. The van der Waals surface area contributed by atoms with Crippen LogP contribution in [-0.2, 0) is 26.2 Å². The van der Waals surface area contributed by atoms with E-state index in [2.05, 4.69) is 5.32 Å². The van der Waals surface area contributed by atoms with Crippen LogP contribution in [-0.4, -0.2) is 43.8 Å². The maximum Gasteiger partial charge on any atom is 0.264 e. The van der Waals surface area contributed by atoms with Gasteiger partial charge in [0.2, 0.25) is 11.8 Å². The highest BCUT2D eigenvalue weighted by molar-refractivity contribution is 7.92. The highest BCUT2D eigenvalue weighted by Gasteiger charge is 2.34. The van der Waals surface area contributed by atoms with Crippen LogP contribution in [0.25, 0.3) is 0 Å². The van der Waals surface area contributed by atoms with Gasteiger partial charge in [0.05, 0.1) is 20.6 Å². The van der Waals surface area contributed by atoms with Crippen LogP contribution < -0.4 is 9.62 Å². The third kappa shape index (κ3) is 8.08. The molecular weight excluding hydrogens is 628 g/mol. The van der Waals surface area contributed by atoms with Crippen LogP contribution in [0.4, 0.5) is 5.69 Å². The lowest BCUT2D eigenvalue weighted by atomic mass is 10.1. The van der Waals surface area contributed by atoms with E-state index < -0.39 is 28.5 Å². The third-order valence-electron chi connectivity index (χ3n) is 6.29. The summed E-state index contributed by atoms with van der Waals surface area (Å²) in [6.45, 7) is 6.45. The minimum absolute atomic E-state index is 0.0211. The lowest BCUT2D eigenvalue weighted by molar-refractivity contribution is -0.140. The summed E-state index contributed by atoms with van der Waals surface area (Å²) in [6.07, 6.45) is 0.254. The zero-order valence-electron chi connectivity index (χ0n) is 23.0. The van der Waals surface area contributed by atoms with Gasteiger partial charge in [-0.2, -0.15) is 0 Å². The number of nitrogens with one attached hydrogen (secondary N) is 1. The average Bonchev–Trinajstić information content (AvgIpc) is 2.90. The van der Waals surface area contributed by atoms with Crippen molar-refractivity contribution in [1.29, 1.82) is 0 Å². The molecule has 1 N–H and O–H groups in total. The van der Waals surface area contributed by atoms with Crippen LogP contribution in [0.3, 0.4) is 0 Å². The second-order valence-electron chi connectivity index (χ2n) is 9.73. The molecule has 1 atom stereocenters. The van der Waals surface area contributed by atoms with E-state index >= 15 is 0 Å². The van der Waals surface area contributed by atoms with E-state index in [0.29, 0.717) is 15.6 Å². The SMILES string of the molecule is CCC(C(=O)NC(C)C)N(Cc1c(Cl)cccc1Cl)C(=O)CN(c1ccc(Cl)c(Cl)c1)S(=O)(=O)c1ccc(C)cc1. The molecule has 1 unspecified atom stereocenters. The molecule has 0 bridgehead atoms.